The molecule has 6 heteroatoms. The Morgan fingerprint density at radius 3 is 2.38 bits per heavy atom. The predicted molar refractivity (Wildman–Crippen MR) is 60.1 cm³/mol. The third-order valence-electron chi connectivity index (χ3n) is 2.20. The molecule has 0 amide bonds. The van der Waals surface area contributed by atoms with E-state index in [1.165, 1.54) is 12.1 Å². The minimum atomic E-state index is -3.54. The first-order chi connectivity index (χ1) is 7.45. The lowest BCUT2D eigenvalue weighted by atomic mass is 10.3. The molecule has 90 valence electrons. The normalized spacial score (nSPS) is 13.7. The zero-order chi connectivity index (χ0) is 12.2. The van der Waals surface area contributed by atoms with Gasteiger partial charge in [-0.3, -0.25) is 0 Å². The van der Waals surface area contributed by atoms with Crippen molar-refractivity contribution in [2.24, 2.45) is 0 Å². The van der Waals surface area contributed by atoms with Crippen LogP contribution in [0.15, 0.2) is 29.2 Å². The second-order valence-electron chi connectivity index (χ2n) is 3.50. The van der Waals surface area contributed by atoms with Crippen molar-refractivity contribution in [2.75, 3.05) is 13.6 Å². The lowest BCUT2D eigenvalue weighted by molar-refractivity contribution is 0.554. The van der Waals surface area contributed by atoms with Crippen molar-refractivity contribution in [1.29, 1.82) is 0 Å². The molecule has 0 aliphatic heterocycles. The molecule has 2 N–H and O–H groups in total. The number of hydrogen-bond acceptors (Lipinski definition) is 3. The minimum Gasteiger partial charge on any atom is -0.316 e. The molecule has 0 saturated heterocycles. The van der Waals surface area contributed by atoms with E-state index in [4.69, 9.17) is 0 Å². The number of benzene rings is 1. The largest absolute Gasteiger partial charge is 0.316 e. The number of sulfonamides is 1. The number of rotatable bonds is 5. The molecule has 0 heterocycles. The summed E-state index contributed by atoms with van der Waals surface area (Å²) in [7, 11) is -1.79. The quantitative estimate of drug-likeness (QED) is 0.804. The zero-order valence-corrected chi connectivity index (χ0v) is 10.0. The molecule has 0 radical (unpaired) electrons. The van der Waals surface area contributed by atoms with Gasteiger partial charge in [-0.25, -0.2) is 17.5 Å². The molecule has 0 aromatic heterocycles. The van der Waals surface area contributed by atoms with Crippen LogP contribution in [0.5, 0.6) is 0 Å². The maximum absolute atomic E-state index is 12.6. The zero-order valence-electron chi connectivity index (χ0n) is 9.20. The molecule has 1 aromatic carbocycles. The Bertz CT molecular complexity index is 431. The highest BCUT2D eigenvalue weighted by atomic mass is 32.2. The van der Waals surface area contributed by atoms with Gasteiger partial charge in [0.25, 0.3) is 0 Å². The maximum Gasteiger partial charge on any atom is 0.240 e. The van der Waals surface area contributed by atoms with Crippen LogP contribution in [0.4, 0.5) is 4.39 Å². The van der Waals surface area contributed by atoms with Gasteiger partial charge in [0.05, 0.1) is 4.90 Å². The third-order valence-corrected chi connectivity index (χ3v) is 3.64. The van der Waals surface area contributed by atoms with Crippen LogP contribution in [0.25, 0.3) is 0 Å². The van der Waals surface area contributed by atoms with Crippen LogP contribution < -0.4 is 10.0 Å². The molecule has 0 aliphatic carbocycles. The van der Waals surface area contributed by atoms with Gasteiger partial charge in [0.2, 0.25) is 10.0 Å². The second kappa shape index (κ2) is 5.38. The molecule has 0 bridgehead atoms. The maximum atomic E-state index is 12.6. The van der Waals surface area contributed by atoms with Crippen molar-refractivity contribution < 1.29 is 12.8 Å². The molecule has 0 fully saturated rings. The van der Waals surface area contributed by atoms with E-state index in [2.05, 4.69) is 10.0 Å². The van der Waals surface area contributed by atoms with Crippen LogP contribution in [0.1, 0.15) is 6.92 Å². The topological polar surface area (TPSA) is 58.2 Å². The Kier molecular flexibility index (Phi) is 4.40. The molecule has 0 spiro atoms. The fourth-order valence-electron chi connectivity index (χ4n) is 1.03. The van der Waals surface area contributed by atoms with E-state index in [0.717, 1.165) is 12.1 Å². The Morgan fingerprint density at radius 2 is 1.88 bits per heavy atom. The van der Waals surface area contributed by atoms with E-state index < -0.39 is 15.8 Å². The van der Waals surface area contributed by atoms with Crippen molar-refractivity contribution in [3.63, 3.8) is 0 Å². The summed E-state index contributed by atoms with van der Waals surface area (Å²) in [6.07, 6.45) is 0. The molecule has 4 nitrogen and oxygen atoms in total. The first-order valence-electron chi connectivity index (χ1n) is 4.88. The van der Waals surface area contributed by atoms with E-state index in [-0.39, 0.29) is 17.5 Å². The first-order valence-corrected chi connectivity index (χ1v) is 6.36. The summed E-state index contributed by atoms with van der Waals surface area (Å²) in [6.45, 7) is 2.14. The summed E-state index contributed by atoms with van der Waals surface area (Å²) in [5.41, 5.74) is 0. The molecule has 1 unspecified atom stereocenters. The van der Waals surface area contributed by atoms with Gasteiger partial charge in [-0.1, -0.05) is 0 Å². The SMILES string of the molecule is CNC(C)CNS(=O)(=O)c1ccc(F)cc1. The van der Waals surface area contributed by atoms with Gasteiger partial charge in [0.15, 0.2) is 0 Å². The highest BCUT2D eigenvalue weighted by molar-refractivity contribution is 7.89. The van der Waals surface area contributed by atoms with E-state index >= 15 is 0 Å². The van der Waals surface area contributed by atoms with Crippen LogP contribution in [-0.2, 0) is 10.0 Å². The standard InChI is InChI=1S/C10H15FN2O2S/c1-8(12-2)7-13-16(14,15)10-5-3-9(11)4-6-10/h3-6,8,12-13H,7H2,1-2H3. The number of likely N-dealkylation sites (N-methyl/N-ethyl adjacent to an activating group) is 1. The first kappa shape index (κ1) is 13.1. The third kappa shape index (κ3) is 3.55. The van der Waals surface area contributed by atoms with Crippen LogP contribution in [-0.4, -0.2) is 28.1 Å². The van der Waals surface area contributed by atoms with Gasteiger partial charge < -0.3 is 5.32 Å². The van der Waals surface area contributed by atoms with Crippen LogP contribution >= 0.6 is 0 Å². The van der Waals surface area contributed by atoms with Crippen LogP contribution in [0.2, 0.25) is 0 Å². The number of hydrogen-bond donors (Lipinski definition) is 2. The van der Waals surface area contributed by atoms with Crippen molar-refractivity contribution >= 4 is 10.0 Å². The second-order valence-corrected chi connectivity index (χ2v) is 5.26. The molecule has 16 heavy (non-hydrogen) atoms. The highest BCUT2D eigenvalue weighted by Gasteiger charge is 2.14. The smallest absolute Gasteiger partial charge is 0.240 e. The van der Waals surface area contributed by atoms with E-state index in [9.17, 15) is 12.8 Å². The van der Waals surface area contributed by atoms with E-state index in [1.54, 1.807) is 7.05 Å². The summed E-state index contributed by atoms with van der Waals surface area (Å²) in [6, 6.07) is 4.76. The van der Waals surface area contributed by atoms with Gasteiger partial charge in [-0.05, 0) is 38.2 Å². The fraction of sp³-hybridized carbons (Fsp3) is 0.400. The van der Waals surface area contributed by atoms with Crippen molar-refractivity contribution in [1.82, 2.24) is 10.0 Å². The summed E-state index contributed by atoms with van der Waals surface area (Å²) in [4.78, 5) is 0.0669. The lowest BCUT2D eigenvalue weighted by Gasteiger charge is -2.11. The van der Waals surface area contributed by atoms with E-state index in [1.807, 2.05) is 6.92 Å². The Morgan fingerprint density at radius 1 is 1.31 bits per heavy atom. The van der Waals surface area contributed by atoms with E-state index in [0.29, 0.717) is 0 Å². The molecular weight excluding hydrogens is 231 g/mol. The molecule has 1 rings (SSSR count). The van der Waals surface area contributed by atoms with Crippen molar-refractivity contribution in [2.45, 2.75) is 17.9 Å². The monoisotopic (exact) mass is 246 g/mol. The molecule has 1 aromatic rings. The highest BCUT2D eigenvalue weighted by Crippen LogP contribution is 2.09. The number of nitrogens with one attached hydrogen (secondary N) is 2. The predicted octanol–water partition coefficient (Wildman–Crippen LogP) is 0.712. The van der Waals surface area contributed by atoms with Gasteiger partial charge in [-0.15, -0.1) is 0 Å². The molecular formula is C10H15FN2O2S. The average molecular weight is 246 g/mol. The molecule has 0 saturated carbocycles. The molecule has 1 atom stereocenters. The van der Waals surface area contributed by atoms with Gasteiger partial charge >= 0.3 is 0 Å². The summed E-state index contributed by atoms with van der Waals surface area (Å²) < 4.78 is 38.5. The Labute approximate surface area is 94.9 Å². The Balaban J connectivity index is 2.74. The fourth-order valence-corrected chi connectivity index (χ4v) is 2.16. The van der Waals surface area contributed by atoms with Crippen molar-refractivity contribution in [3.8, 4) is 0 Å². The number of halogens is 1. The van der Waals surface area contributed by atoms with Gasteiger partial charge in [0, 0.05) is 12.6 Å². The van der Waals surface area contributed by atoms with Crippen molar-refractivity contribution in [3.05, 3.63) is 30.1 Å². The summed E-state index contributed by atoms with van der Waals surface area (Å²) in [5, 5.41) is 2.91. The average Bonchev–Trinajstić information content (AvgIpc) is 2.26. The minimum absolute atomic E-state index is 0.0372. The Hall–Kier alpha value is -0.980. The van der Waals surface area contributed by atoms with Gasteiger partial charge in [0.1, 0.15) is 5.82 Å². The van der Waals surface area contributed by atoms with Gasteiger partial charge in [-0.2, -0.15) is 0 Å². The summed E-state index contributed by atoms with van der Waals surface area (Å²) in [5.74, 6) is -0.456. The van der Waals surface area contributed by atoms with Crippen LogP contribution in [0.3, 0.4) is 0 Å². The summed E-state index contributed by atoms with van der Waals surface area (Å²) >= 11 is 0. The lowest BCUT2D eigenvalue weighted by Crippen LogP contribution is -2.37. The molecule has 0 aliphatic rings. The van der Waals surface area contributed by atoms with Crippen LogP contribution in [0, 0.1) is 5.82 Å².